The van der Waals surface area contributed by atoms with E-state index in [0.29, 0.717) is 0 Å². The van der Waals surface area contributed by atoms with E-state index in [4.69, 9.17) is 0 Å². The normalized spacial score (nSPS) is 13.3. The van der Waals surface area contributed by atoms with Crippen LogP contribution in [0.2, 0.25) is 0 Å². The number of para-hydroxylation sites is 1. The zero-order chi connectivity index (χ0) is 30.1. The van der Waals surface area contributed by atoms with E-state index in [9.17, 15) is 0 Å². The molecule has 0 radical (unpaired) electrons. The second-order valence-electron chi connectivity index (χ2n) is 12.6. The number of rotatable bonds is 4. The van der Waals surface area contributed by atoms with Crippen molar-refractivity contribution in [2.24, 2.45) is 0 Å². The van der Waals surface area contributed by atoms with E-state index in [2.05, 4.69) is 170 Å². The van der Waals surface area contributed by atoms with Gasteiger partial charge in [0.2, 0.25) is 0 Å². The van der Waals surface area contributed by atoms with Crippen LogP contribution >= 0.6 is 11.3 Å². The molecule has 0 spiro atoms. The molecular formula is C43H31NS. The highest BCUT2D eigenvalue weighted by atomic mass is 32.1. The summed E-state index contributed by atoms with van der Waals surface area (Å²) in [5.41, 5.74) is 11.4. The summed E-state index contributed by atoms with van der Waals surface area (Å²) < 4.78 is 2.74. The Labute approximate surface area is 267 Å². The van der Waals surface area contributed by atoms with Crippen molar-refractivity contribution >= 4 is 59.3 Å². The van der Waals surface area contributed by atoms with Crippen LogP contribution in [0.1, 0.15) is 25.0 Å². The molecule has 1 nitrogen and oxygen atoms in total. The molecule has 0 fully saturated rings. The maximum absolute atomic E-state index is 2.43. The molecule has 0 amide bonds. The standard InChI is InChI=1S/C43H31NS/c1-43(2)38-24-22-34(27-37(38)41-39(43)25-23-36-35-14-8-9-15-40(35)45-42(36)41)44(32-12-4-3-5-13-32)33-20-18-29(19-21-33)31-17-16-28-10-6-7-11-30(28)26-31/h3-27H,1-2H3. The summed E-state index contributed by atoms with van der Waals surface area (Å²) in [4.78, 5) is 2.39. The molecular weight excluding hydrogens is 563 g/mol. The van der Waals surface area contributed by atoms with Gasteiger partial charge in [-0.2, -0.15) is 0 Å². The lowest BCUT2D eigenvalue weighted by molar-refractivity contribution is 0.661. The Morgan fingerprint density at radius 2 is 1.16 bits per heavy atom. The molecule has 9 rings (SSSR count). The predicted molar refractivity (Wildman–Crippen MR) is 195 cm³/mol. The van der Waals surface area contributed by atoms with Crippen molar-refractivity contribution < 1.29 is 0 Å². The molecule has 0 unspecified atom stereocenters. The molecule has 1 aromatic heterocycles. The van der Waals surface area contributed by atoms with Gasteiger partial charge in [-0.1, -0.05) is 117 Å². The molecule has 214 valence electrons. The Morgan fingerprint density at radius 1 is 0.489 bits per heavy atom. The van der Waals surface area contributed by atoms with Crippen LogP contribution in [0.5, 0.6) is 0 Å². The minimum atomic E-state index is -0.0629. The topological polar surface area (TPSA) is 3.24 Å². The molecule has 1 aliphatic carbocycles. The van der Waals surface area contributed by atoms with Gasteiger partial charge in [0.15, 0.2) is 0 Å². The van der Waals surface area contributed by atoms with Crippen LogP contribution in [0.15, 0.2) is 152 Å². The molecule has 1 heterocycles. The zero-order valence-electron chi connectivity index (χ0n) is 25.3. The van der Waals surface area contributed by atoms with Crippen LogP contribution in [0.3, 0.4) is 0 Å². The molecule has 2 heteroatoms. The van der Waals surface area contributed by atoms with Gasteiger partial charge in [0.05, 0.1) is 0 Å². The summed E-state index contributed by atoms with van der Waals surface area (Å²) in [7, 11) is 0. The van der Waals surface area contributed by atoms with Crippen molar-refractivity contribution in [1.29, 1.82) is 0 Å². The number of nitrogens with zero attached hydrogens (tertiary/aromatic N) is 1. The van der Waals surface area contributed by atoms with E-state index in [1.807, 2.05) is 11.3 Å². The quantitative estimate of drug-likeness (QED) is 0.196. The van der Waals surface area contributed by atoms with E-state index < -0.39 is 0 Å². The highest BCUT2D eigenvalue weighted by Crippen LogP contribution is 2.55. The minimum Gasteiger partial charge on any atom is -0.310 e. The maximum atomic E-state index is 2.43. The first-order valence-corrected chi connectivity index (χ1v) is 16.4. The third kappa shape index (κ3) is 4.06. The molecule has 8 aromatic rings. The highest BCUT2D eigenvalue weighted by Gasteiger charge is 2.37. The van der Waals surface area contributed by atoms with Crippen LogP contribution in [-0.2, 0) is 5.41 Å². The molecule has 0 saturated heterocycles. The zero-order valence-corrected chi connectivity index (χ0v) is 26.1. The Kier molecular flexibility index (Phi) is 5.78. The van der Waals surface area contributed by atoms with E-state index >= 15 is 0 Å². The van der Waals surface area contributed by atoms with Crippen molar-refractivity contribution in [1.82, 2.24) is 0 Å². The van der Waals surface area contributed by atoms with Crippen molar-refractivity contribution in [2.75, 3.05) is 4.90 Å². The predicted octanol–water partition coefficient (Wildman–Crippen LogP) is 12.7. The molecule has 0 saturated carbocycles. The van der Waals surface area contributed by atoms with E-state index in [0.717, 1.165) is 11.4 Å². The van der Waals surface area contributed by atoms with Gasteiger partial charge in [-0.15, -0.1) is 11.3 Å². The summed E-state index contributed by atoms with van der Waals surface area (Å²) in [6, 6.07) is 55.7. The van der Waals surface area contributed by atoms with Crippen molar-refractivity contribution in [3.63, 3.8) is 0 Å². The fourth-order valence-corrected chi connectivity index (χ4v) is 8.61. The number of thiophene rings is 1. The summed E-state index contributed by atoms with van der Waals surface area (Å²) in [5.74, 6) is 0. The summed E-state index contributed by atoms with van der Waals surface area (Å²) in [5, 5.41) is 5.23. The Balaban J connectivity index is 1.20. The summed E-state index contributed by atoms with van der Waals surface area (Å²) in [6.07, 6.45) is 0. The lowest BCUT2D eigenvalue weighted by atomic mass is 9.82. The van der Waals surface area contributed by atoms with Crippen molar-refractivity contribution in [2.45, 2.75) is 19.3 Å². The largest absolute Gasteiger partial charge is 0.310 e. The fraction of sp³-hybridized carbons (Fsp3) is 0.0698. The Morgan fingerprint density at radius 3 is 2.00 bits per heavy atom. The second-order valence-corrected chi connectivity index (χ2v) is 13.6. The van der Waals surface area contributed by atoms with Gasteiger partial charge in [0, 0.05) is 48.2 Å². The monoisotopic (exact) mass is 593 g/mol. The fourth-order valence-electron chi connectivity index (χ4n) is 7.34. The van der Waals surface area contributed by atoms with Gasteiger partial charge >= 0.3 is 0 Å². The van der Waals surface area contributed by atoms with Crippen LogP contribution in [0.4, 0.5) is 17.1 Å². The third-order valence-electron chi connectivity index (χ3n) is 9.65. The molecule has 1 aliphatic rings. The first-order valence-electron chi connectivity index (χ1n) is 15.6. The Hall–Kier alpha value is -5.18. The van der Waals surface area contributed by atoms with Crippen LogP contribution in [0.25, 0.3) is 53.2 Å². The van der Waals surface area contributed by atoms with Crippen molar-refractivity contribution in [3.05, 3.63) is 163 Å². The van der Waals surface area contributed by atoms with E-state index in [1.54, 1.807) is 0 Å². The van der Waals surface area contributed by atoms with Crippen LogP contribution in [-0.4, -0.2) is 0 Å². The van der Waals surface area contributed by atoms with Gasteiger partial charge in [0.25, 0.3) is 0 Å². The minimum absolute atomic E-state index is 0.0629. The van der Waals surface area contributed by atoms with Gasteiger partial charge < -0.3 is 4.90 Å². The average Bonchev–Trinajstić information content (AvgIpc) is 3.57. The molecule has 0 bridgehead atoms. The first kappa shape index (κ1) is 26.2. The number of hydrogen-bond donors (Lipinski definition) is 0. The third-order valence-corrected chi connectivity index (χ3v) is 10.9. The van der Waals surface area contributed by atoms with E-state index in [-0.39, 0.29) is 5.41 Å². The SMILES string of the molecule is CC1(C)c2ccc(N(c3ccccc3)c3ccc(-c4ccc5ccccc5c4)cc3)cc2-c2c1ccc1c2sc2ccccc21. The Bertz CT molecular complexity index is 2400. The molecule has 7 aromatic carbocycles. The number of anilines is 3. The highest BCUT2D eigenvalue weighted by molar-refractivity contribution is 7.26. The van der Waals surface area contributed by atoms with E-state index in [1.165, 1.54) is 70.0 Å². The van der Waals surface area contributed by atoms with Crippen molar-refractivity contribution in [3.8, 4) is 22.3 Å². The first-order chi connectivity index (χ1) is 22.1. The summed E-state index contributed by atoms with van der Waals surface area (Å²) >= 11 is 1.92. The van der Waals surface area contributed by atoms with Crippen LogP contribution in [0, 0.1) is 0 Å². The van der Waals surface area contributed by atoms with Gasteiger partial charge in [-0.05, 0) is 87.1 Å². The maximum Gasteiger partial charge on any atom is 0.0468 e. The second kappa shape index (κ2) is 9.92. The van der Waals surface area contributed by atoms with Gasteiger partial charge in [0.1, 0.15) is 0 Å². The van der Waals surface area contributed by atoms with Crippen LogP contribution < -0.4 is 4.90 Å². The lowest BCUT2D eigenvalue weighted by Crippen LogP contribution is -2.15. The smallest absolute Gasteiger partial charge is 0.0468 e. The average molecular weight is 594 g/mol. The lowest BCUT2D eigenvalue weighted by Gasteiger charge is -2.27. The number of benzene rings is 7. The van der Waals surface area contributed by atoms with Gasteiger partial charge in [-0.3, -0.25) is 0 Å². The van der Waals surface area contributed by atoms with Gasteiger partial charge in [-0.25, -0.2) is 0 Å². The molecule has 0 N–H and O–H groups in total. The number of hydrogen-bond acceptors (Lipinski definition) is 2. The molecule has 45 heavy (non-hydrogen) atoms. The number of fused-ring (bicyclic) bond motifs is 8. The summed E-state index contributed by atoms with van der Waals surface area (Å²) in [6.45, 7) is 4.74. The molecule has 0 aliphatic heterocycles. The molecule has 0 atom stereocenters.